The molecule has 0 unspecified atom stereocenters. The third kappa shape index (κ3) is 2.77. The molecule has 2 aliphatic rings. The largest absolute Gasteiger partial charge is 0.328 e. The number of amides is 3. The van der Waals surface area contributed by atoms with Crippen molar-refractivity contribution in [3.05, 3.63) is 41.7 Å². The number of aromatic nitrogens is 2. The van der Waals surface area contributed by atoms with Crippen LogP contribution in [0.2, 0.25) is 0 Å². The number of hydrogen-bond donors (Lipinski definition) is 1. The van der Waals surface area contributed by atoms with Crippen LogP contribution in [0.5, 0.6) is 0 Å². The maximum absolute atomic E-state index is 12.9. The van der Waals surface area contributed by atoms with Gasteiger partial charge in [0.05, 0.1) is 17.3 Å². The van der Waals surface area contributed by atoms with Crippen LogP contribution in [0.15, 0.2) is 30.6 Å². The number of fused-ring (bicyclic) bond motifs is 1. The van der Waals surface area contributed by atoms with Crippen molar-refractivity contribution in [2.75, 3.05) is 29.9 Å². The lowest BCUT2D eigenvalue weighted by Gasteiger charge is -2.33. The van der Waals surface area contributed by atoms with Crippen molar-refractivity contribution in [1.82, 2.24) is 14.7 Å². The van der Waals surface area contributed by atoms with Gasteiger partial charge in [-0.25, -0.2) is 0 Å². The van der Waals surface area contributed by atoms with Crippen LogP contribution in [-0.2, 0) is 22.1 Å². The minimum Gasteiger partial charge on any atom is -0.328 e. The Bertz CT molecular complexity index is 962. The molecular weight excluding hydrogens is 346 g/mol. The summed E-state index contributed by atoms with van der Waals surface area (Å²) in [5.41, 5.74) is 2.13. The number of nitrogens with zero attached hydrogens (tertiary/aromatic N) is 4. The number of carbonyl (C=O) groups is 3. The quantitative estimate of drug-likeness (QED) is 0.862. The lowest BCUT2D eigenvalue weighted by Crippen LogP contribution is -2.52. The lowest BCUT2D eigenvalue weighted by atomic mass is 9.86. The van der Waals surface area contributed by atoms with Gasteiger partial charge in [0.15, 0.2) is 0 Å². The van der Waals surface area contributed by atoms with Crippen LogP contribution in [0.3, 0.4) is 0 Å². The summed E-state index contributed by atoms with van der Waals surface area (Å²) >= 11 is 0. The summed E-state index contributed by atoms with van der Waals surface area (Å²) in [6, 6.07) is 5.23. The van der Waals surface area contributed by atoms with E-state index in [0.29, 0.717) is 24.3 Å². The number of aryl methyl sites for hydroxylation is 1. The van der Waals surface area contributed by atoms with E-state index in [1.54, 1.807) is 46.1 Å². The molecule has 1 saturated heterocycles. The standard InChI is InChI=1S/C19H21N5O3/c1-19(2)14-5-4-12(8-15(14)21-18(19)27)17(26)23-6-7-24(16(25)11-23)13-9-20-22(3)10-13/h4-5,8-10H,6-7,11H2,1-3H3,(H,21,27). The minimum absolute atomic E-state index is 0.0165. The number of piperazine rings is 1. The third-order valence-electron chi connectivity index (χ3n) is 5.27. The van der Waals surface area contributed by atoms with E-state index >= 15 is 0 Å². The first kappa shape index (κ1) is 17.3. The number of anilines is 2. The molecule has 0 bridgehead atoms. The Morgan fingerprint density at radius 1 is 1.22 bits per heavy atom. The maximum Gasteiger partial charge on any atom is 0.254 e. The fraction of sp³-hybridized carbons (Fsp3) is 0.368. The van der Waals surface area contributed by atoms with E-state index in [0.717, 1.165) is 11.3 Å². The van der Waals surface area contributed by atoms with Crippen molar-refractivity contribution >= 4 is 29.1 Å². The van der Waals surface area contributed by atoms with Gasteiger partial charge in [-0.3, -0.25) is 19.1 Å². The van der Waals surface area contributed by atoms with Crippen LogP contribution in [0.25, 0.3) is 0 Å². The van der Waals surface area contributed by atoms with Crippen molar-refractivity contribution in [2.24, 2.45) is 7.05 Å². The van der Waals surface area contributed by atoms with Crippen LogP contribution in [0.1, 0.15) is 29.8 Å². The second kappa shape index (κ2) is 5.94. The molecule has 140 valence electrons. The van der Waals surface area contributed by atoms with E-state index in [1.165, 1.54) is 0 Å². The first-order chi connectivity index (χ1) is 12.8. The topological polar surface area (TPSA) is 87.5 Å². The molecule has 27 heavy (non-hydrogen) atoms. The van der Waals surface area contributed by atoms with E-state index in [2.05, 4.69) is 10.4 Å². The molecule has 8 heteroatoms. The summed E-state index contributed by atoms with van der Waals surface area (Å²) in [7, 11) is 1.79. The highest BCUT2D eigenvalue weighted by Gasteiger charge is 2.39. The van der Waals surface area contributed by atoms with Crippen molar-refractivity contribution < 1.29 is 14.4 Å². The molecule has 8 nitrogen and oxygen atoms in total. The molecule has 1 aromatic heterocycles. The molecular formula is C19H21N5O3. The molecule has 0 atom stereocenters. The smallest absolute Gasteiger partial charge is 0.254 e. The van der Waals surface area contributed by atoms with Crippen molar-refractivity contribution in [2.45, 2.75) is 19.3 Å². The van der Waals surface area contributed by atoms with Crippen molar-refractivity contribution in [1.29, 1.82) is 0 Å². The van der Waals surface area contributed by atoms with Gasteiger partial charge in [0.2, 0.25) is 11.8 Å². The van der Waals surface area contributed by atoms with E-state index in [-0.39, 0.29) is 24.3 Å². The highest BCUT2D eigenvalue weighted by Crippen LogP contribution is 2.37. The SMILES string of the molecule is Cn1cc(N2CCN(C(=O)c3ccc4c(c3)NC(=O)C4(C)C)CC2=O)cn1. The molecule has 3 amide bonds. The molecule has 0 saturated carbocycles. The Balaban J connectivity index is 1.51. The predicted molar refractivity (Wildman–Crippen MR) is 99.6 cm³/mol. The highest BCUT2D eigenvalue weighted by molar-refractivity contribution is 6.08. The molecule has 0 radical (unpaired) electrons. The Labute approximate surface area is 156 Å². The number of nitrogens with one attached hydrogen (secondary N) is 1. The van der Waals surface area contributed by atoms with Crippen LogP contribution in [-0.4, -0.2) is 52.0 Å². The van der Waals surface area contributed by atoms with E-state index in [1.807, 2.05) is 19.9 Å². The first-order valence-electron chi connectivity index (χ1n) is 8.81. The van der Waals surface area contributed by atoms with Crippen LogP contribution in [0.4, 0.5) is 11.4 Å². The predicted octanol–water partition coefficient (Wildman–Crippen LogP) is 1.14. The van der Waals surface area contributed by atoms with Gasteiger partial charge < -0.3 is 15.1 Å². The molecule has 1 N–H and O–H groups in total. The summed E-state index contributed by atoms with van der Waals surface area (Å²) in [5, 5.41) is 6.92. The molecule has 4 rings (SSSR count). The lowest BCUT2D eigenvalue weighted by molar-refractivity contribution is -0.121. The first-order valence-corrected chi connectivity index (χ1v) is 8.81. The van der Waals surface area contributed by atoms with Crippen LogP contribution >= 0.6 is 0 Å². The minimum atomic E-state index is -0.609. The Kier molecular flexibility index (Phi) is 3.80. The highest BCUT2D eigenvalue weighted by atomic mass is 16.2. The summed E-state index contributed by atoms with van der Waals surface area (Å²) in [6.07, 6.45) is 3.42. The zero-order valence-electron chi connectivity index (χ0n) is 15.5. The van der Waals surface area contributed by atoms with Gasteiger partial charge in [-0.2, -0.15) is 5.10 Å². The molecule has 0 spiro atoms. The van der Waals surface area contributed by atoms with Gasteiger partial charge in [-0.1, -0.05) is 6.07 Å². The normalized spacial score (nSPS) is 18.5. The van der Waals surface area contributed by atoms with Gasteiger partial charge in [-0.15, -0.1) is 0 Å². The van der Waals surface area contributed by atoms with Gasteiger partial charge in [0.25, 0.3) is 5.91 Å². The summed E-state index contributed by atoms with van der Waals surface area (Å²) in [5.74, 6) is -0.434. The molecule has 2 aliphatic heterocycles. The molecule has 3 heterocycles. The fourth-order valence-corrected chi connectivity index (χ4v) is 3.58. The van der Waals surface area contributed by atoms with Crippen molar-refractivity contribution in [3.63, 3.8) is 0 Å². The maximum atomic E-state index is 12.9. The average Bonchev–Trinajstić information content (AvgIpc) is 3.15. The number of hydrogen-bond acceptors (Lipinski definition) is 4. The van der Waals surface area contributed by atoms with Gasteiger partial charge >= 0.3 is 0 Å². The number of carbonyl (C=O) groups excluding carboxylic acids is 3. The van der Waals surface area contributed by atoms with Gasteiger partial charge in [0.1, 0.15) is 6.54 Å². The van der Waals surface area contributed by atoms with Gasteiger partial charge in [-0.05, 0) is 31.5 Å². The fourth-order valence-electron chi connectivity index (χ4n) is 3.58. The summed E-state index contributed by atoms with van der Waals surface area (Å²) in [6.45, 7) is 4.58. The molecule has 2 aromatic rings. The molecule has 1 fully saturated rings. The number of rotatable bonds is 2. The van der Waals surface area contributed by atoms with E-state index in [4.69, 9.17) is 0 Å². The Morgan fingerprint density at radius 3 is 2.67 bits per heavy atom. The Morgan fingerprint density at radius 2 is 2.00 bits per heavy atom. The monoisotopic (exact) mass is 367 g/mol. The Hall–Kier alpha value is -3.16. The van der Waals surface area contributed by atoms with Crippen molar-refractivity contribution in [3.8, 4) is 0 Å². The van der Waals surface area contributed by atoms with Gasteiger partial charge in [0, 0.05) is 37.6 Å². The van der Waals surface area contributed by atoms with E-state index < -0.39 is 5.41 Å². The summed E-state index contributed by atoms with van der Waals surface area (Å²) in [4.78, 5) is 40.6. The molecule has 1 aromatic carbocycles. The zero-order valence-corrected chi connectivity index (χ0v) is 15.5. The van der Waals surface area contributed by atoms with E-state index in [9.17, 15) is 14.4 Å². The number of benzene rings is 1. The zero-order chi connectivity index (χ0) is 19.3. The average molecular weight is 367 g/mol. The summed E-state index contributed by atoms with van der Waals surface area (Å²) < 4.78 is 1.64. The molecule has 0 aliphatic carbocycles. The second-order valence-electron chi connectivity index (χ2n) is 7.48. The third-order valence-corrected chi connectivity index (χ3v) is 5.27. The van der Waals surface area contributed by atoms with Crippen LogP contribution < -0.4 is 10.2 Å². The van der Waals surface area contributed by atoms with Crippen LogP contribution in [0, 0.1) is 0 Å². The second-order valence-corrected chi connectivity index (χ2v) is 7.48.